The van der Waals surface area contributed by atoms with E-state index in [1.54, 1.807) is 6.20 Å². The molecule has 100 valence electrons. The van der Waals surface area contributed by atoms with Gasteiger partial charge >= 0.3 is 0 Å². The molecule has 19 heavy (non-hydrogen) atoms. The van der Waals surface area contributed by atoms with Crippen LogP contribution in [0.4, 0.5) is 11.8 Å². The third kappa shape index (κ3) is 3.40. The molecule has 0 atom stereocenters. The van der Waals surface area contributed by atoms with Crippen molar-refractivity contribution < 1.29 is 0 Å². The van der Waals surface area contributed by atoms with Crippen molar-refractivity contribution >= 4 is 11.8 Å². The zero-order chi connectivity index (χ0) is 13.7. The first kappa shape index (κ1) is 13.3. The molecule has 2 heterocycles. The Kier molecular flexibility index (Phi) is 4.28. The van der Waals surface area contributed by atoms with E-state index in [9.17, 15) is 0 Å². The lowest BCUT2D eigenvalue weighted by Crippen LogP contribution is -2.09. The van der Waals surface area contributed by atoms with Gasteiger partial charge in [0.15, 0.2) is 0 Å². The Labute approximate surface area is 113 Å². The normalized spacial score (nSPS) is 10.3. The smallest absolute Gasteiger partial charge is 0.224 e. The summed E-state index contributed by atoms with van der Waals surface area (Å²) in [5, 5.41) is 6.42. The Balaban J connectivity index is 2.10. The number of nitrogens with zero attached hydrogens (tertiary/aromatic N) is 3. The molecular formula is C14H19N5. The van der Waals surface area contributed by atoms with Crippen molar-refractivity contribution in [2.75, 3.05) is 17.2 Å². The molecule has 0 aliphatic carbocycles. The summed E-state index contributed by atoms with van der Waals surface area (Å²) in [6.45, 7) is 7.54. The number of aryl methyl sites for hydroxylation is 2. The molecule has 0 saturated carbocycles. The van der Waals surface area contributed by atoms with Crippen LogP contribution in [0.1, 0.15) is 23.7 Å². The van der Waals surface area contributed by atoms with Gasteiger partial charge in [0.1, 0.15) is 5.82 Å². The van der Waals surface area contributed by atoms with Crippen LogP contribution in [-0.4, -0.2) is 21.5 Å². The molecule has 0 fully saturated rings. The molecule has 0 aromatic carbocycles. The van der Waals surface area contributed by atoms with Gasteiger partial charge in [-0.3, -0.25) is 4.98 Å². The summed E-state index contributed by atoms with van der Waals surface area (Å²) in [6, 6.07) is 4.00. The Bertz CT molecular complexity index is 553. The highest BCUT2D eigenvalue weighted by atomic mass is 15.1. The highest BCUT2D eigenvalue weighted by molar-refractivity contribution is 5.46. The zero-order valence-corrected chi connectivity index (χ0v) is 11.6. The van der Waals surface area contributed by atoms with Crippen LogP contribution >= 0.6 is 0 Å². The average Bonchev–Trinajstić information content (AvgIpc) is 2.41. The third-order valence-corrected chi connectivity index (χ3v) is 2.85. The van der Waals surface area contributed by atoms with Crippen molar-refractivity contribution in [3.8, 4) is 0 Å². The average molecular weight is 257 g/mol. The first-order valence-electron chi connectivity index (χ1n) is 6.42. The van der Waals surface area contributed by atoms with Crippen LogP contribution in [0, 0.1) is 13.8 Å². The van der Waals surface area contributed by atoms with Crippen molar-refractivity contribution in [3.05, 3.63) is 41.3 Å². The highest BCUT2D eigenvalue weighted by Crippen LogP contribution is 2.14. The van der Waals surface area contributed by atoms with Gasteiger partial charge in [-0.25, -0.2) is 4.98 Å². The SMILES string of the molecule is CCNc1ncc(C)c(NCc2ncccc2C)n1. The minimum atomic E-state index is 0.647. The van der Waals surface area contributed by atoms with Crippen molar-refractivity contribution in [2.24, 2.45) is 0 Å². The van der Waals surface area contributed by atoms with Gasteiger partial charge in [0, 0.05) is 24.5 Å². The fraction of sp³-hybridized carbons (Fsp3) is 0.357. The Morgan fingerprint density at radius 3 is 2.68 bits per heavy atom. The number of rotatable bonds is 5. The molecular weight excluding hydrogens is 238 g/mol. The van der Waals surface area contributed by atoms with E-state index < -0.39 is 0 Å². The van der Waals surface area contributed by atoms with Crippen molar-refractivity contribution in [1.82, 2.24) is 15.0 Å². The first-order valence-corrected chi connectivity index (χ1v) is 6.42. The maximum atomic E-state index is 4.45. The fourth-order valence-electron chi connectivity index (χ4n) is 1.74. The minimum absolute atomic E-state index is 0.647. The van der Waals surface area contributed by atoms with Crippen molar-refractivity contribution in [3.63, 3.8) is 0 Å². The van der Waals surface area contributed by atoms with E-state index in [-0.39, 0.29) is 0 Å². The molecule has 5 heteroatoms. The first-order chi connectivity index (χ1) is 9.20. The van der Waals surface area contributed by atoms with Gasteiger partial charge in [0.25, 0.3) is 0 Å². The van der Waals surface area contributed by atoms with E-state index in [4.69, 9.17) is 0 Å². The molecule has 0 radical (unpaired) electrons. The minimum Gasteiger partial charge on any atom is -0.364 e. The molecule has 0 saturated heterocycles. The summed E-state index contributed by atoms with van der Waals surface area (Å²) in [4.78, 5) is 13.0. The number of hydrogen-bond donors (Lipinski definition) is 2. The number of hydrogen-bond acceptors (Lipinski definition) is 5. The van der Waals surface area contributed by atoms with Crippen LogP contribution in [0.2, 0.25) is 0 Å². The standard InChI is InChI=1S/C14H19N5/c1-4-15-14-18-8-11(3)13(19-14)17-9-12-10(2)6-5-7-16-12/h5-8H,4,9H2,1-3H3,(H2,15,17,18,19). The summed E-state index contributed by atoms with van der Waals surface area (Å²) in [5.74, 6) is 1.49. The molecule has 2 aromatic heterocycles. The van der Waals surface area contributed by atoms with Gasteiger partial charge in [0.05, 0.1) is 12.2 Å². The lowest BCUT2D eigenvalue weighted by molar-refractivity contribution is 0.986. The Morgan fingerprint density at radius 2 is 1.95 bits per heavy atom. The van der Waals surface area contributed by atoms with Gasteiger partial charge in [-0.15, -0.1) is 0 Å². The van der Waals surface area contributed by atoms with E-state index in [1.807, 2.05) is 26.1 Å². The maximum absolute atomic E-state index is 4.45. The molecule has 2 aromatic rings. The number of anilines is 2. The van der Waals surface area contributed by atoms with Gasteiger partial charge < -0.3 is 10.6 Å². The largest absolute Gasteiger partial charge is 0.364 e. The predicted molar refractivity (Wildman–Crippen MR) is 77.2 cm³/mol. The molecule has 2 N–H and O–H groups in total. The fourth-order valence-corrected chi connectivity index (χ4v) is 1.74. The second-order valence-corrected chi connectivity index (χ2v) is 4.38. The van der Waals surface area contributed by atoms with Crippen molar-refractivity contribution in [2.45, 2.75) is 27.3 Å². The van der Waals surface area contributed by atoms with Gasteiger partial charge in [-0.1, -0.05) is 6.07 Å². The van der Waals surface area contributed by atoms with Crippen molar-refractivity contribution in [1.29, 1.82) is 0 Å². The Morgan fingerprint density at radius 1 is 1.11 bits per heavy atom. The monoisotopic (exact) mass is 257 g/mol. The molecule has 2 rings (SSSR count). The Hall–Kier alpha value is -2.17. The zero-order valence-electron chi connectivity index (χ0n) is 11.6. The van der Waals surface area contributed by atoms with Crippen LogP contribution in [0.5, 0.6) is 0 Å². The number of nitrogens with one attached hydrogen (secondary N) is 2. The van der Waals surface area contributed by atoms with Crippen LogP contribution in [-0.2, 0) is 6.54 Å². The van der Waals surface area contributed by atoms with Crippen LogP contribution < -0.4 is 10.6 Å². The van der Waals surface area contributed by atoms with E-state index in [0.29, 0.717) is 12.5 Å². The second-order valence-electron chi connectivity index (χ2n) is 4.38. The molecule has 5 nitrogen and oxygen atoms in total. The van der Waals surface area contributed by atoms with Gasteiger partial charge in [-0.05, 0) is 32.4 Å². The summed E-state index contributed by atoms with van der Waals surface area (Å²) in [5.41, 5.74) is 3.23. The van der Waals surface area contributed by atoms with Crippen LogP contribution in [0.3, 0.4) is 0 Å². The van der Waals surface area contributed by atoms with Gasteiger partial charge in [0.2, 0.25) is 5.95 Å². The maximum Gasteiger partial charge on any atom is 0.224 e. The second kappa shape index (κ2) is 6.13. The lowest BCUT2D eigenvalue weighted by atomic mass is 10.2. The predicted octanol–water partition coefficient (Wildman–Crippen LogP) is 2.53. The van der Waals surface area contributed by atoms with E-state index in [0.717, 1.165) is 23.6 Å². The van der Waals surface area contributed by atoms with E-state index in [2.05, 4.69) is 38.6 Å². The van der Waals surface area contributed by atoms with Crippen LogP contribution in [0.25, 0.3) is 0 Å². The topological polar surface area (TPSA) is 62.7 Å². The summed E-state index contributed by atoms with van der Waals surface area (Å²) < 4.78 is 0. The van der Waals surface area contributed by atoms with E-state index >= 15 is 0 Å². The molecule has 0 bridgehead atoms. The highest BCUT2D eigenvalue weighted by Gasteiger charge is 2.04. The summed E-state index contributed by atoms with van der Waals surface area (Å²) >= 11 is 0. The lowest BCUT2D eigenvalue weighted by Gasteiger charge is -2.11. The van der Waals surface area contributed by atoms with E-state index in [1.165, 1.54) is 5.56 Å². The quantitative estimate of drug-likeness (QED) is 0.861. The van der Waals surface area contributed by atoms with Gasteiger partial charge in [-0.2, -0.15) is 4.98 Å². The molecule has 0 unspecified atom stereocenters. The number of pyridine rings is 1. The summed E-state index contributed by atoms with van der Waals surface area (Å²) in [6.07, 6.45) is 3.62. The molecule has 0 aliphatic rings. The van der Waals surface area contributed by atoms with Crippen LogP contribution in [0.15, 0.2) is 24.5 Å². The number of aromatic nitrogens is 3. The molecule has 0 aliphatic heterocycles. The molecule has 0 spiro atoms. The molecule has 0 amide bonds. The summed E-state index contributed by atoms with van der Waals surface area (Å²) in [7, 11) is 0. The third-order valence-electron chi connectivity index (χ3n) is 2.85.